The quantitative estimate of drug-likeness (QED) is 0.279. The lowest BCUT2D eigenvalue weighted by atomic mass is 10.2. The Hall–Kier alpha value is -2.32. The number of rotatable bonds is 7. The molecule has 31 heavy (non-hydrogen) atoms. The number of carbonyl (C=O) groups is 1. The van der Waals surface area contributed by atoms with Crippen LogP contribution in [0.2, 0.25) is 10.0 Å². The molecule has 158 valence electrons. The lowest BCUT2D eigenvalue weighted by molar-refractivity contribution is 0.103. The van der Waals surface area contributed by atoms with E-state index in [1.54, 1.807) is 22.9 Å². The largest absolute Gasteiger partial charge is 0.487 e. The molecule has 4 aromatic rings. The number of benzene rings is 2. The van der Waals surface area contributed by atoms with Crippen molar-refractivity contribution in [2.75, 3.05) is 5.32 Å². The van der Waals surface area contributed by atoms with Gasteiger partial charge in [-0.05, 0) is 57.2 Å². The lowest BCUT2D eigenvalue weighted by Crippen LogP contribution is -2.11. The predicted molar refractivity (Wildman–Crippen MR) is 129 cm³/mol. The highest BCUT2D eigenvalue weighted by Gasteiger charge is 2.15. The third-order valence-corrected chi connectivity index (χ3v) is 6.44. The van der Waals surface area contributed by atoms with Gasteiger partial charge in [-0.25, -0.2) is 0 Å². The van der Waals surface area contributed by atoms with E-state index in [4.69, 9.17) is 27.9 Å². The van der Waals surface area contributed by atoms with Crippen molar-refractivity contribution in [2.24, 2.45) is 0 Å². The van der Waals surface area contributed by atoms with E-state index < -0.39 is 0 Å². The van der Waals surface area contributed by atoms with Gasteiger partial charge in [0.1, 0.15) is 12.4 Å². The first kappa shape index (κ1) is 21.9. The number of hydrogen-bond donors (Lipinski definition) is 1. The van der Waals surface area contributed by atoms with Gasteiger partial charge < -0.3 is 10.1 Å². The van der Waals surface area contributed by atoms with Crippen molar-refractivity contribution in [1.82, 2.24) is 9.78 Å². The van der Waals surface area contributed by atoms with Crippen LogP contribution in [0.3, 0.4) is 0 Å². The van der Waals surface area contributed by atoms with Gasteiger partial charge in [-0.3, -0.25) is 9.48 Å². The van der Waals surface area contributed by atoms with Crippen molar-refractivity contribution in [3.8, 4) is 5.75 Å². The fraction of sp³-hybridized carbons (Fsp3) is 0.0909. The van der Waals surface area contributed by atoms with E-state index in [2.05, 4.69) is 26.3 Å². The smallest absolute Gasteiger partial charge is 0.266 e. The van der Waals surface area contributed by atoms with Crippen LogP contribution < -0.4 is 10.1 Å². The fourth-order valence-corrected chi connectivity index (χ4v) is 4.32. The first-order valence-electron chi connectivity index (χ1n) is 9.21. The van der Waals surface area contributed by atoms with Gasteiger partial charge >= 0.3 is 0 Å². The molecule has 2 heterocycles. The summed E-state index contributed by atoms with van der Waals surface area (Å²) in [5, 5.41) is 10.4. The van der Waals surface area contributed by atoms with E-state index >= 15 is 0 Å². The third-order valence-electron chi connectivity index (χ3n) is 4.32. The summed E-state index contributed by atoms with van der Waals surface area (Å²) in [5.41, 5.74) is 1.95. The van der Waals surface area contributed by atoms with Crippen molar-refractivity contribution in [3.63, 3.8) is 0 Å². The van der Waals surface area contributed by atoms with Crippen molar-refractivity contribution in [1.29, 1.82) is 0 Å². The zero-order chi connectivity index (χ0) is 21.8. The summed E-state index contributed by atoms with van der Waals surface area (Å²) >= 11 is 16.8. The number of hydrogen-bond acceptors (Lipinski definition) is 4. The van der Waals surface area contributed by atoms with Crippen LogP contribution in [0.5, 0.6) is 5.75 Å². The Morgan fingerprint density at radius 1 is 1.13 bits per heavy atom. The number of carbonyl (C=O) groups excluding carboxylic acids is 1. The molecule has 2 aromatic heterocycles. The van der Waals surface area contributed by atoms with E-state index in [1.165, 1.54) is 11.3 Å². The van der Waals surface area contributed by atoms with E-state index in [0.717, 1.165) is 11.1 Å². The molecule has 5 nitrogen and oxygen atoms in total. The zero-order valence-electron chi connectivity index (χ0n) is 16.0. The van der Waals surface area contributed by atoms with Crippen LogP contribution in [0.15, 0.2) is 70.6 Å². The number of anilines is 1. The average molecular weight is 537 g/mol. The molecule has 1 amide bonds. The number of halogens is 3. The summed E-state index contributed by atoms with van der Waals surface area (Å²) < 4.78 is 8.18. The van der Waals surface area contributed by atoms with Crippen LogP contribution in [0.25, 0.3) is 0 Å². The van der Waals surface area contributed by atoms with Gasteiger partial charge in [0.2, 0.25) is 0 Å². The molecule has 2 aromatic carbocycles. The first-order valence-corrected chi connectivity index (χ1v) is 11.6. The van der Waals surface area contributed by atoms with Gasteiger partial charge in [-0.1, -0.05) is 47.5 Å². The Morgan fingerprint density at radius 3 is 2.68 bits per heavy atom. The number of thiophene rings is 1. The summed E-state index contributed by atoms with van der Waals surface area (Å²) in [5.74, 6) is 0.837. The second kappa shape index (κ2) is 9.87. The molecular weight excluding hydrogens is 521 g/mol. The monoisotopic (exact) mass is 535 g/mol. The SMILES string of the molecule is O=C(Nc1nn(Cc2ccc(Cl)cc2)cc1Br)c1cc(COc2ccccc2Cl)cs1. The van der Waals surface area contributed by atoms with Crippen LogP contribution in [0.4, 0.5) is 5.82 Å². The van der Waals surface area contributed by atoms with Crippen LogP contribution in [0.1, 0.15) is 20.8 Å². The Balaban J connectivity index is 1.38. The lowest BCUT2D eigenvalue weighted by Gasteiger charge is -2.06. The highest BCUT2D eigenvalue weighted by molar-refractivity contribution is 9.10. The maximum Gasteiger partial charge on any atom is 0.266 e. The summed E-state index contributed by atoms with van der Waals surface area (Å²) in [6.07, 6.45) is 1.82. The van der Waals surface area contributed by atoms with Crippen LogP contribution in [0, 0.1) is 0 Å². The molecule has 1 N–H and O–H groups in total. The minimum Gasteiger partial charge on any atom is -0.487 e. The van der Waals surface area contributed by atoms with E-state index in [0.29, 0.717) is 44.1 Å². The molecule has 0 aliphatic carbocycles. The summed E-state index contributed by atoms with van der Waals surface area (Å²) in [6.45, 7) is 0.890. The Morgan fingerprint density at radius 2 is 1.90 bits per heavy atom. The number of nitrogens with zero attached hydrogens (tertiary/aromatic N) is 2. The van der Waals surface area contributed by atoms with E-state index in [1.807, 2.05) is 48.0 Å². The van der Waals surface area contributed by atoms with Crippen molar-refractivity contribution < 1.29 is 9.53 Å². The molecule has 4 rings (SSSR count). The minimum atomic E-state index is -0.230. The maximum atomic E-state index is 12.7. The van der Waals surface area contributed by atoms with Gasteiger partial charge in [-0.2, -0.15) is 5.10 Å². The van der Waals surface area contributed by atoms with Crippen molar-refractivity contribution in [2.45, 2.75) is 13.2 Å². The summed E-state index contributed by atoms with van der Waals surface area (Å²) in [6, 6.07) is 16.6. The first-order chi connectivity index (χ1) is 15.0. The number of para-hydroxylation sites is 1. The molecule has 0 saturated heterocycles. The number of nitrogens with one attached hydrogen (secondary N) is 1. The molecule has 0 atom stereocenters. The molecular formula is C22H16BrCl2N3O2S. The fourth-order valence-electron chi connectivity index (χ4n) is 2.80. The van der Waals surface area contributed by atoms with Crippen LogP contribution >= 0.6 is 50.5 Å². The van der Waals surface area contributed by atoms with Gasteiger partial charge in [-0.15, -0.1) is 11.3 Å². The Kier molecular flexibility index (Phi) is 6.97. The highest BCUT2D eigenvalue weighted by Crippen LogP contribution is 2.26. The normalized spacial score (nSPS) is 10.8. The standard InChI is InChI=1S/C22H16BrCl2N3O2S/c23-17-11-28(10-14-5-7-16(24)8-6-14)27-21(17)26-22(29)20-9-15(13-31-20)12-30-19-4-2-1-3-18(19)25/h1-9,11,13H,10,12H2,(H,26,27,29). The maximum absolute atomic E-state index is 12.7. The Labute approximate surface area is 201 Å². The zero-order valence-corrected chi connectivity index (χ0v) is 19.9. The molecule has 0 bridgehead atoms. The molecule has 0 radical (unpaired) electrons. The number of aromatic nitrogens is 2. The van der Waals surface area contributed by atoms with E-state index in [-0.39, 0.29) is 5.91 Å². The second-order valence-corrected chi connectivity index (χ2v) is 9.25. The topological polar surface area (TPSA) is 56.2 Å². The highest BCUT2D eigenvalue weighted by atomic mass is 79.9. The van der Waals surface area contributed by atoms with Gasteiger partial charge in [0.15, 0.2) is 5.82 Å². The van der Waals surface area contributed by atoms with Gasteiger partial charge in [0.25, 0.3) is 5.91 Å². The van der Waals surface area contributed by atoms with E-state index in [9.17, 15) is 4.79 Å². The summed E-state index contributed by atoms with van der Waals surface area (Å²) in [7, 11) is 0. The van der Waals surface area contributed by atoms with Crippen LogP contribution in [-0.4, -0.2) is 15.7 Å². The number of ether oxygens (including phenoxy) is 1. The molecule has 0 aliphatic heterocycles. The predicted octanol–water partition coefficient (Wildman–Crippen LogP) is 6.89. The molecule has 0 unspecified atom stereocenters. The minimum absolute atomic E-state index is 0.230. The average Bonchev–Trinajstić information content (AvgIpc) is 3.36. The molecule has 0 aliphatic rings. The number of amides is 1. The van der Waals surface area contributed by atoms with Crippen molar-refractivity contribution in [3.05, 3.63) is 96.7 Å². The second-order valence-electron chi connectivity index (χ2n) is 6.64. The van der Waals surface area contributed by atoms with Gasteiger partial charge in [0, 0.05) is 16.8 Å². The molecule has 0 fully saturated rings. The Bertz CT molecular complexity index is 1210. The molecule has 0 spiro atoms. The summed E-state index contributed by atoms with van der Waals surface area (Å²) in [4.78, 5) is 13.2. The molecule has 9 heteroatoms. The van der Waals surface area contributed by atoms with Gasteiger partial charge in [0.05, 0.1) is 20.9 Å². The molecule has 0 saturated carbocycles. The third kappa shape index (κ3) is 5.68. The van der Waals surface area contributed by atoms with Crippen LogP contribution in [-0.2, 0) is 13.2 Å². The van der Waals surface area contributed by atoms with Crippen molar-refractivity contribution >= 4 is 62.2 Å².